The molecule has 0 atom stereocenters. The van der Waals surface area contributed by atoms with Crippen LogP contribution in [-0.4, -0.2) is 10.9 Å². The van der Waals surface area contributed by atoms with Crippen molar-refractivity contribution in [2.75, 3.05) is 0 Å². The molecule has 5 heteroatoms. The molecule has 1 N–H and O–H groups in total. The number of hydrogen-bond donors (Lipinski definition) is 1. The monoisotopic (exact) mass is 284 g/mol. The van der Waals surface area contributed by atoms with E-state index in [-0.39, 0.29) is 18.1 Å². The van der Waals surface area contributed by atoms with Crippen LogP contribution in [0, 0.1) is 5.82 Å². The summed E-state index contributed by atoms with van der Waals surface area (Å²) >= 11 is 0. The minimum absolute atomic E-state index is 0.147. The second-order valence-electron chi connectivity index (χ2n) is 4.72. The van der Waals surface area contributed by atoms with Crippen molar-refractivity contribution in [3.63, 3.8) is 0 Å². The maximum Gasteiger partial charge on any atom is 0.224 e. The van der Waals surface area contributed by atoms with Crippen LogP contribution in [0.1, 0.15) is 11.1 Å². The summed E-state index contributed by atoms with van der Waals surface area (Å²) in [6.07, 6.45) is 5.02. The fraction of sp³-hybridized carbons (Fsp3) is 0.125. The van der Waals surface area contributed by atoms with Gasteiger partial charge in [0.05, 0.1) is 12.7 Å². The van der Waals surface area contributed by atoms with Crippen LogP contribution < -0.4 is 5.32 Å². The van der Waals surface area contributed by atoms with Gasteiger partial charge in [0.2, 0.25) is 5.91 Å². The molecule has 3 aromatic rings. The molecule has 106 valence electrons. The van der Waals surface area contributed by atoms with Crippen molar-refractivity contribution in [2.24, 2.45) is 0 Å². The zero-order chi connectivity index (χ0) is 14.7. The summed E-state index contributed by atoms with van der Waals surface area (Å²) in [6, 6.07) is 7.96. The standard InChI is InChI=1S/C16H13FN2O2/c17-13-3-4-15-14(7-13)12(10-21-15)6-16(20)19-9-11-2-1-5-18-8-11/h1-5,7-8,10H,6,9H2,(H,19,20). The van der Waals surface area contributed by atoms with E-state index >= 15 is 0 Å². The van der Waals surface area contributed by atoms with Crippen LogP contribution in [0.15, 0.2) is 53.4 Å². The van der Waals surface area contributed by atoms with E-state index in [9.17, 15) is 9.18 Å². The number of hydrogen-bond acceptors (Lipinski definition) is 3. The third kappa shape index (κ3) is 3.08. The fourth-order valence-corrected chi connectivity index (χ4v) is 2.13. The van der Waals surface area contributed by atoms with E-state index in [4.69, 9.17) is 4.42 Å². The molecule has 0 spiro atoms. The first kappa shape index (κ1) is 13.3. The lowest BCUT2D eigenvalue weighted by Crippen LogP contribution is -2.24. The van der Waals surface area contributed by atoms with Gasteiger partial charge in [-0.1, -0.05) is 6.07 Å². The molecule has 0 fully saturated rings. The molecule has 2 heterocycles. The van der Waals surface area contributed by atoms with Crippen LogP contribution >= 0.6 is 0 Å². The van der Waals surface area contributed by atoms with Crippen molar-refractivity contribution >= 4 is 16.9 Å². The molecule has 0 radical (unpaired) electrons. The Morgan fingerprint density at radius 3 is 3.05 bits per heavy atom. The predicted octanol–water partition coefficient (Wildman–Crippen LogP) is 2.83. The molecule has 0 saturated carbocycles. The zero-order valence-electron chi connectivity index (χ0n) is 11.2. The van der Waals surface area contributed by atoms with Gasteiger partial charge >= 0.3 is 0 Å². The number of carbonyl (C=O) groups is 1. The van der Waals surface area contributed by atoms with Gasteiger partial charge in [-0.25, -0.2) is 4.39 Å². The highest BCUT2D eigenvalue weighted by Gasteiger charge is 2.11. The van der Waals surface area contributed by atoms with Crippen molar-refractivity contribution in [3.05, 3.63) is 65.9 Å². The molecule has 1 aromatic carbocycles. The number of furan rings is 1. The molecule has 0 unspecified atom stereocenters. The molecule has 0 aliphatic heterocycles. The van der Waals surface area contributed by atoms with Gasteiger partial charge in [-0.2, -0.15) is 0 Å². The summed E-state index contributed by atoms with van der Waals surface area (Å²) in [5.74, 6) is -0.494. The Labute approximate surface area is 120 Å². The van der Waals surface area contributed by atoms with Crippen LogP contribution in [-0.2, 0) is 17.8 Å². The number of nitrogens with zero attached hydrogens (tertiary/aromatic N) is 1. The molecule has 0 saturated heterocycles. The van der Waals surface area contributed by atoms with E-state index in [1.165, 1.54) is 18.4 Å². The Bertz CT molecular complexity index is 768. The maximum absolute atomic E-state index is 13.3. The van der Waals surface area contributed by atoms with E-state index < -0.39 is 0 Å². The first-order chi connectivity index (χ1) is 10.2. The van der Waals surface area contributed by atoms with E-state index in [2.05, 4.69) is 10.3 Å². The zero-order valence-corrected chi connectivity index (χ0v) is 11.2. The summed E-state index contributed by atoms with van der Waals surface area (Å²) in [7, 11) is 0. The normalized spacial score (nSPS) is 10.7. The third-order valence-electron chi connectivity index (χ3n) is 3.18. The smallest absolute Gasteiger partial charge is 0.224 e. The van der Waals surface area contributed by atoms with Crippen LogP contribution in [0.2, 0.25) is 0 Å². The summed E-state index contributed by atoms with van der Waals surface area (Å²) < 4.78 is 18.6. The summed E-state index contributed by atoms with van der Waals surface area (Å²) in [4.78, 5) is 15.9. The van der Waals surface area contributed by atoms with Gasteiger partial charge in [-0.15, -0.1) is 0 Å². The molecule has 2 aromatic heterocycles. The predicted molar refractivity (Wildman–Crippen MR) is 76.0 cm³/mol. The first-order valence-corrected chi connectivity index (χ1v) is 6.53. The molecular weight excluding hydrogens is 271 g/mol. The SMILES string of the molecule is O=C(Cc1coc2ccc(F)cc12)NCc1cccnc1. The lowest BCUT2D eigenvalue weighted by molar-refractivity contribution is -0.120. The van der Waals surface area contributed by atoms with Gasteiger partial charge in [0, 0.05) is 29.9 Å². The largest absolute Gasteiger partial charge is 0.464 e. The second kappa shape index (κ2) is 5.75. The minimum Gasteiger partial charge on any atom is -0.464 e. The topological polar surface area (TPSA) is 55.1 Å². The van der Waals surface area contributed by atoms with Gasteiger partial charge in [-0.05, 0) is 29.8 Å². The lowest BCUT2D eigenvalue weighted by atomic mass is 10.1. The Morgan fingerprint density at radius 1 is 1.33 bits per heavy atom. The van der Waals surface area contributed by atoms with E-state index in [0.717, 1.165) is 5.56 Å². The average Bonchev–Trinajstić information content (AvgIpc) is 2.88. The van der Waals surface area contributed by atoms with E-state index in [1.54, 1.807) is 18.5 Å². The number of aromatic nitrogens is 1. The molecule has 1 amide bonds. The Morgan fingerprint density at radius 2 is 2.24 bits per heavy atom. The highest BCUT2D eigenvalue weighted by Crippen LogP contribution is 2.22. The van der Waals surface area contributed by atoms with Crippen molar-refractivity contribution < 1.29 is 13.6 Å². The van der Waals surface area contributed by atoms with Crippen molar-refractivity contribution in [1.29, 1.82) is 0 Å². The second-order valence-corrected chi connectivity index (χ2v) is 4.72. The molecular formula is C16H13FN2O2. The molecule has 4 nitrogen and oxygen atoms in total. The van der Waals surface area contributed by atoms with Gasteiger partial charge in [0.25, 0.3) is 0 Å². The molecule has 0 aliphatic rings. The van der Waals surface area contributed by atoms with Gasteiger partial charge in [-0.3, -0.25) is 9.78 Å². The minimum atomic E-state index is -0.346. The molecule has 3 rings (SSSR count). The summed E-state index contributed by atoms with van der Waals surface area (Å²) in [5.41, 5.74) is 2.17. The van der Waals surface area contributed by atoms with Crippen molar-refractivity contribution in [2.45, 2.75) is 13.0 Å². The maximum atomic E-state index is 13.3. The van der Waals surface area contributed by atoms with Crippen LogP contribution in [0.25, 0.3) is 11.0 Å². The Hall–Kier alpha value is -2.69. The molecule has 0 bridgehead atoms. The number of benzene rings is 1. The first-order valence-electron chi connectivity index (χ1n) is 6.53. The summed E-state index contributed by atoms with van der Waals surface area (Å²) in [6.45, 7) is 0.414. The fourth-order valence-electron chi connectivity index (χ4n) is 2.13. The lowest BCUT2D eigenvalue weighted by Gasteiger charge is -2.04. The van der Waals surface area contributed by atoms with Gasteiger partial charge in [0.15, 0.2) is 0 Å². The Balaban J connectivity index is 1.67. The van der Waals surface area contributed by atoms with Gasteiger partial charge < -0.3 is 9.73 Å². The highest BCUT2D eigenvalue weighted by molar-refractivity contribution is 5.87. The molecule has 21 heavy (non-hydrogen) atoms. The number of carbonyl (C=O) groups excluding carboxylic acids is 1. The number of halogens is 1. The van der Waals surface area contributed by atoms with Crippen LogP contribution in [0.5, 0.6) is 0 Å². The van der Waals surface area contributed by atoms with Gasteiger partial charge in [0.1, 0.15) is 11.4 Å². The Kier molecular flexibility index (Phi) is 3.64. The number of amides is 1. The van der Waals surface area contributed by atoms with Crippen LogP contribution in [0.3, 0.4) is 0 Å². The number of pyridine rings is 1. The molecule has 0 aliphatic carbocycles. The summed E-state index contributed by atoms with van der Waals surface area (Å²) in [5, 5.41) is 3.43. The third-order valence-corrected chi connectivity index (χ3v) is 3.18. The number of fused-ring (bicyclic) bond motifs is 1. The van der Waals surface area contributed by atoms with E-state index in [1.807, 2.05) is 12.1 Å². The van der Waals surface area contributed by atoms with Crippen LogP contribution in [0.4, 0.5) is 4.39 Å². The quantitative estimate of drug-likeness (QED) is 0.801. The van der Waals surface area contributed by atoms with E-state index in [0.29, 0.717) is 23.1 Å². The highest BCUT2D eigenvalue weighted by atomic mass is 19.1. The number of nitrogens with one attached hydrogen (secondary N) is 1. The van der Waals surface area contributed by atoms with Crippen molar-refractivity contribution in [3.8, 4) is 0 Å². The number of rotatable bonds is 4. The average molecular weight is 284 g/mol. The van der Waals surface area contributed by atoms with Crippen molar-refractivity contribution in [1.82, 2.24) is 10.3 Å².